The van der Waals surface area contributed by atoms with Gasteiger partial charge in [-0.3, -0.25) is 4.68 Å². The molecule has 1 saturated carbocycles. The molecule has 0 atom stereocenters. The van der Waals surface area contributed by atoms with Gasteiger partial charge >= 0.3 is 0 Å². The molecular weight excluding hydrogens is 164 g/mol. The van der Waals surface area contributed by atoms with Crippen molar-refractivity contribution in [3.05, 3.63) is 17.6 Å². The van der Waals surface area contributed by atoms with Crippen molar-refractivity contribution in [1.82, 2.24) is 9.78 Å². The molecule has 2 rings (SSSR count). The lowest BCUT2D eigenvalue weighted by Gasteiger charge is -2.11. The van der Waals surface area contributed by atoms with E-state index in [2.05, 4.69) is 9.94 Å². The van der Waals surface area contributed by atoms with Crippen LogP contribution in [0.1, 0.15) is 31.7 Å². The first-order valence-electron chi connectivity index (χ1n) is 4.53. The Balaban J connectivity index is 2.30. The van der Waals surface area contributed by atoms with Crippen molar-refractivity contribution in [2.45, 2.75) is 31.7 Å². The van der Waals surface area contributed by atoms with Gasteiger partial charge in [0, 0.05) is 0 Å². The molecule has 0 aliphatic heterocycles. The first kappa shape index (κ1) is 8.11. The number of nitrogens with two attached hydrogens (primary N) is 1. The van der Waals surface area contributed by atoms with Gasteiger partial charge in [-0.25, -0.2) is 4.85 Å². The fourth-order valence-electron chi connectivity index (χ4n) is 1.89. The van der Waals surface area contributed by atoms with E-state index in [1.54, 1.807) is 10.9 Å². The normalized spacial score (nSPS) is 17.5. The minimum Gasteiger partial charge on any atom is -0.393 e. The van der Waals surface area contributed by atoms with E-state index < -0.39 is 0 Å². The molecule has 4 heteroatoms. The molecule has 0 radical (unpaired) electrons. The summed E-state index contributed by atoms with van der Waals surface area (Å²) in [6.45, 7) is 6.86. The predicted molar refractivity (Wildman–Crippen MR) is 50.4 cm³/mol. The Morgan fingerprint density at radius 3 is 2.77 bits per heavy atom. The topological polar surface area (TPSA) is 48.2 Å². The predicted octanol–water partition coefficient (Wildman–Crippen LogP) is 2.13. The SMILES string of the molecule is [C-]#[N+]c1cnn(C2CCCC2)c1N. The Hall–Kier alpha value is -1.50. The summed E-state index contributed by atoms with van der Waals surface area (Å²) in [7, 11) is 0. The minimum absolute atomic E-state index is 0.426. The average Bonchev–Trinajstić information content (AvgIpc) is 2.72. The average molecular weight is 176 g/mol. The van der Waals surface area contributed by atoms with E-state index in [-0.39, 0.29) is 0 Å². The van der Waals surface area contributed by atoms with E-state index in [1.807, 2.05) is 0 Å². The Kier molecular flexibility index (Phi) is 1.93. The Labute approximate surface area is 77.2 Å². The van der Waals surface area contributed by atoms with Gasteiger partial charge in [0.15, 0.2) is 0 Å². The van der Waals surface area contributed by atoms with Crippen LogP contribution in [0.25, 0.3) is 4.85 Å². The van der Waals surface area contributed by atoms with Gasteiger partial charge in [-0.15, -0.1) is 0 Å². The van der Waals surface area contributed by atoms with Crippen LogP contribution in [0.4, 0.5) is 11.5 Å². The standard InChI is InChI=1S/C9H12N4/c1-11-8-6-12-13(9(8)10)7-4-2-3-5-7/h6-7H,2-5,10H2. The Bertz CT molecular complexity index is 341. The van der Waals surface area contributed by atoms with E-state index in [9.17, 15) is 0 Å². The van der Waals surface area contributed by atoms with Crippen LogP contribution in [0.15, 0.2) is 6.20 Å². The summed E-state index contributed by atoms with van der Waals surface area (Å²) >= 11 is 0. The quantitative estimate of drug-likeness (QED) is 0.666. The highest BCUT2D eigenvalue weighted by atomic mass is 15.3. The molecule has 1 aromatic rings. The summed E-state index contributed by atoms with van der Waals surface area (Å²) < 4.78 is 1.81. The van der Waals surface area contributed by atoms with Crippen molar-refractivity contribution >= 4 is 11.5 Å². The van der Waals surface area contributed by atoms with E-state index in [1.165, 1.54) is 12.8 Å². The fourth-order valence-corrected chi connectivity index (χ4v) is 1.89. The number of anilines is 1. The lowest BCUT2D eigenvalue weighted by molar-refractivity contribution is 0.474. The lowest BCUT2D eigenvalue weighted by atomic mass is 10.2. The van der Waals surface area contributed by atoms with Gasteiger partial charge < -0.3 is 5.73 Å². The number of nitrogen functional groups attached to an aromatic ring is 1. The number of hydrogen-bond acceptors (Lipinski definition) is 2. The molecule has 1 aliphatic carbocycles. The molecule has 0 unspecified atom stereocenters. The van der Waals surface area contributed by atoms with E-state index in [0.717, 1.165) is 12.8 Å². The molecule has 1 aliphatic rings. The first-order valence-corrected chi connectivity index (χ1v) is 4.53. The molecule has 4 nitrogen and oxygen atoms in total. The molecule has 0 bridgehead atoms. The van der Waals surface area contributed by atoms with Gasteiger partial charge in [-0.1, -0.05) is 12.8 Å². The molecular formula is C9H12N4. The Morgan fingerprint density at radius 2 is 2.23 bits per heavy atom. The zero-order valence-electron chi connectivity index (χ0n) is 7.40. The second-order valence-electron chi connectivity index (χ2n) is 3.41. The van der Waals surface area contributed by atoms with Gasteiger partial charge in [-0.2, -0.15) is 5.10 Å². The maximum atomic E-state index is 6.86. The molecule has 0 aromatic carbocycles. The highest BCUT2D eigenvalue weighted by Crippen LogP contribution is 2.33. The van der Waals surface area contributed by atoms with Crippen molar-refractivity contribution in [1.29, 1.82) is 0 Å². The summed E-state index contributed by atoms with van der Waals surface area (Å²) in [5.41, 5.74) is 6.26. The van der Waals surface area contributed by atoms with Gasteiger partial charge in [0.1, 0.15) is 5.82 Å². The third kappa shape index (κ3) is 1.26. The molecule has 1 heterocycles. The number of nitrogens with zero attached hydrogens (tertiary/aromatic N) is 3. The summed E-state index contributed by atoms with van der Waals surface area (Å²) in [5, 5.41) is 4.15. The number of rotatable bonds is 1. The molecule has 2 N–H and O–H groups in total. The molecule has 0 spiro atoms. The Morgan fingerprint density at radius 1 is 1.54 bits per heavy atom. The highest BCUT2D eigenvalue weighted by molar-refractivity contribution is 5.62. The monoisotopic (exact) mass is 176 g/mol. The first-order chi connectivity index (χ1) is 6.33. The van der Waals surface area contributed by atoms with Crippen LogP contribution < -0.4 is 5.73 Å². The van der Waals surface area contributed by atoms with Crippen LogP contribution in [-0.4, -0.2) is 9.78 Å². The van der Waals surface area contributed by atoms with Crippen LogP contribution in [0.5, 0.6) is 0 Å². The maximum absolute atomic E-state index is 6.86. The molecule has 0 amide bonds. The number of aromatic nitrogens is 2. The van der Waals surface area contributed by atoms with Crippen LogP contribution in [0, 0.1) is 6.57 Å². The van der Waals surface area contributed by atoms with Gasteiger partial charge in [0.25, 0.3) is 0 Å². The largest absolute Gasteiger partial charge is 0.393 e. The van der Waals surface area contributed by atoms with Gasteiger partial charge in [-0.05, 0) is 12.8 Å². The summed E-state index contributed by atoms with van der Waals surface area (Å²) in [6.07, 6.45) is 6.34. The second kappa shape index (κ2) is 3.09. The van der Waals surface area contributed by atoms with E-state index >= 15 is 0 Å². The smallest absolute Gasteiger partial charge is 0.247 e. The van der Waals surface area contributed by atoms with Crippen molar-refractivity contribution in [2.24, 2.45) is 0 Å². The van der Waals surface area contributed by atoms with Crippen molar-refractivity contribution in [2.75, 3.05) is 5.73 Å². The zero-order chi connectivity index (χ0) is 9.26. The third-order valence-electron chi connectivity index (χ3n) is 2.60. The minimum atomic E-state index is 0.426. The van der Waals surface area contributed by atoms with Crippen LogP contribution in [0.3, 0.4) is 0 Å². The lowest BCUT2D eigenvalue weighted by Crippen LogP contribution is -2.09. The van der Waals surface area contributed by atoms with Crippen molar-refractivity contribution in [3.63, 3.8) is 0 Å². The van der Waals surface area contributed by atoms with Gasteiger partial charge in [0.05, 0.1) is 18.8 Å². The third-order valence-corrected chi connectivity index (χ3v) is 2.60. The van der Waals surface area contributed by atoms with E-state index in [0.29, 0.717) is 17.5 Å². The van der Waals surface area contributed by atoms with Gasteiger partial charge in [0.2, 0.25) is 5.69 Å². The van der Waals surface area contributed by atoms with Crippen LogP contribution >= 0.6 is 0 Å². The molecule has 13 heavy (non-hydrogen) atoms. The molecule has 0 saturated heterocycles. The van der Waals surface area contributed by atoms with Crippen molar-refractivity contribution < 1.29 is 0 Å². The number of hydrogen-bond donors (Lipinski definition) is 1. The summed E-state index contributed by atoms with van der Waals surface area (Å²) in [5.74, 6) is 0.530. The second-order valence-corrected chi connectivity index (χ2v) is 3.41. The summed E-state index contributed by atoms with van der Waals surface area (Å²) in [6, 6.07) is 0.426. The molecule has 1 aromatic heterocycles. The molecule has 68 valence electrons. The van der Waals surface area contributed by atoms with E-state index in [4.69, 9.17) is 12.3 Å². The summed E-state index contributed by atoms with van der Waals surface area (Å²) in [4.78, 5) is 3.30. The maximum Gasteiger partial charge on any atom is 0.247 e. The highest BCUT2D eigenvalue weighted by Gasteiger charge is 2.20. The molecule has 1 fully saturated rings. The fraction of sp³-hybridized carbons (Fsp3) is 0.556. The van der Waals surface area contributed by atoms with Crippen LogP contribution in [-0.2, 0) is 0 Å². The van der Waals surface area contributed by atoms with Crippen LogP contribution in [0.2, 0.25) is 0 Å². The zero-order valence-corrected chi connectivity index (χ0v) is 7.40. The van der Waals surface area contributed by atoms with Crippen molar-refractivity contribution in [3.8, 4) is 0 Å².